The molecule has 1 aromatic carbocycles. The summed E-state index contributed by atoms with van der Waals surface area (Å²) >= 11 is 1.36. The monoisotopic (exact) mass is 301 g/mol. The summed E-state index contributed by atoms with van der Waals surface area (Å²) in [5, 5.41) is 0. The number of alkyl halides is 3. The maximum Gasteiger partial charge on any atom is 0.416 e. The van der Waals surface area contributed by atoms with Crippen LogP contribution in [0.4, 0.5) is 13.2 Å². The Bertz CT molecular complexity index is 552. The minimum absolute atomic E-state index is 0.0665. The summed E-state index contributed by atoms with van der Waals surface area (Å²) in [6.07, 6.45) is -2.75. The van der Waals surface area contributed by atoms with E-state index in [0.29, 0.717) is 12.0 Å². The number of aromatic nitrogens is 1. The predicted molar refractivity (Wildman–Crippen MR) is 67.4 cm³/mol. The van der Waals surface area contributed by atoms with Crippen molar-refractivity contribution in [2.24, 2.45) is 0 Å². The van der Waals surface area contributed by atoms with Gasteiger partial charge in [0.25, 0.3) is 6.47 Å². The fourth-order valence-corrected chi connectivity index (χ4v) is 2.51. The summed E-state index contributed by atoms with van der Waals surface area (Å²) in [6.45, 7) is 0.384. The van der Waals surface area contributed by atoms with E-state index in [-0.39, 0.29) is 12.5 Å². The van der Waals surface area contributed by atoms with Gasteiger partial charge in [-0.2, -0.15) is 13.2 Å². The van der Waals surface area contributed by atoms with Crippen LogP contribution >= 0.6 is 11.3 Å². The highest BCUT2D eigenvalue weighted by Gasteiger charge is 2.30. The van der Waals surface area contributed by atoms with Gasteiger partial charge in [0.2, 0.25) is 0 Å². The zero-order chi connectivity index (χ0) is 14.6. The molecule has 0 saturated heterocycles. The van der Waals surface area contributed by atoms with Crippen molar-refractivity contribution in [1.82, 2.24) is 4.98 Å². The number of hydrogen-bond donors (Lipinski definition) is 0. The number of benzene rings is 1. The molecule has 0 bridgehead atoms. The van der Waals surface area contributed by atoms with Crippen molar-refractivity contribution in [3.63, 3.8) is 0 Å². The molecule has 0 aliphatic rings. The van der Waals surface area contributed by atoms with Crippen LogP contribution in [0.3, 0.4) is 0 Å². The van der Waals surface area contributed by atoms with Crippen LogP contribution in [0.2, 0.25) is 0 Å². The fourth-order valence-electron chi connectivity index (χ4n) is 1.78. The Hall–Kier alpha value is -1.89. The number of nitrogens with zero attached hydrogens (tertiary/aromatic N) is 1. The molecule has 1 unspecified atom stereocenters. The van der Waals surface area contributed by atoms with Crippen molar-refractivity contribution >= 4 is 17.8 Å². The minimum Gasteiger partial charge on any atom is -0.467 e. The molecule has 0 N–H and O–H groups in total. The molecule has 7 heteroatoms. The normalized spacial score (nSPS) is 12.9. The lowest BCUT2D eigenvalue weighted by atomic mass is 9.97. The first-order chi connectivity index (χ1) is 9.52. The maximum absolute atomic E-state index is 12.5. The van der Waals surface area contributed by atoms with Crippen LogP contribution in [-0.2, 0) is 15.7 Å². The first kappa shape index (κ1) is 14.5. The zero-order valence-electron chi connectivity index (χ0n) is 10.1. The fraction of sp³-hybridized carbons (Fsp3) is 0.231. The summed E-state index contributed by atoms with van der Waals surface area (Å²) in [7, 11) is 0. The molecule has 0 aliphatic heterocycles. The topological polar surface area (TPSA) is 39.2 Å². The molecular weight excluding hydrogens is 291 g/mol. The van der Waals surface area contributed by atoms with Gasteiger partial charge >= 0.3 is 6.18 Å². The average Bonchev–Trinajstić information content (AvgIpc) is 2.93. The van der Waals surface area contributed by atoms with Crippen LogP contribution in [-0.4, -0.2) is 18.1 Å². The van der Waals surface area contributed by atoms with E-state index in [4.69, 9.17) is 4.74 Å². The number of thiazole rings is 1. The number of hydrogen-bond acceptors (Lipinski definition) is 4. The van der Waals surface area contributed by atoms with Crippen molar-refractivity contribution in [3.05, 3.63) is 52.0 Å². The van der Waals surface area contributed by atoms with Crippen molar-refractivity contribution in [1.29, 1.82) is 0 Å². The van der Waals surface area contributed by atoms with E-state index in [1.165, 1.54) is 23.5 Å². The molecule has 106 valence electrons. The Morgan fingerprint density at radius 1 is 1.30 bits per heavy atom. The lowest BCUT2D eigenvalue weighted by Crippen LogP contribution is -2.09. The molecule has 20 heavy (non-hydrogen) atoms. The highest BCUT2D eigenvalue weighted by Crippen LogP contribution is 2.32. The first-order valence-corrected chi connectivity index (χ1v) is 6.51. The maximum atomic E-state index is 12.5. The van der Waals surface area contributed by atoms with Crippen molar-refractivity contribution in [2.75, 3.05) is 6.61 Å². The standard InChI is InChI=1S/C13H10F3NO2S/c14-13(15,16)10-3-1-9(2-4-10)11(6-19-8-18)12-5-17-7-20-12/h1-5,7-8,11H,6H2. The van der Waals surface area contributed by atoms with Crippen molar-refractivity contribution in [2.45, 2.75) is 12.1 Å². The Morgan fingerprint density at radius 3 is 2.50 bits per heavy atom. The van der Waals surface area contributed by atoms with E-state index in [1.54, 1.807) is 11.7 Å². The number of ether oxygens (including phenoxy) is 1. The summed E-state index contributed by atoms with van der Waals surface area (Å²) in [5.41, 5.74) is 1.55. The molecule has 0 aliphatic carbocycles. The lowest BCUT2D eigenvalue weighted by Gasteiger charge is -2.15. The van der Waals surface area contributed by atoms with Gasteiger partial charge in [-0.1, -0.05) is 12.1 Å². The van der Waals surface area contributed by atoms with Gasteiger partial charge in [-0.25, -0.2) is 0 Å². The Kier molecular flexibility index (Phi) is 4.39. The van der Waals surface area contributed by atoms with Crippen LogP contribution in [0.5, 0.6) is 0 Å². The molecule has 1 atom stereocenters. The zero-order valence-corrected chi connectivity index (χ0v) is 10.9. The third-order valence-corrected chi connectivity index (χ3v) is 3.66. The van der Waals surface area contributed by atoms with E-state index >= 15 is 0 Å². The third-order valence-electron chi connectivity index (χ3n) is 2.77. The highest BCUT2D eigenvalue weighted by molar-refractivity contribution is 7.09. The molecule has 2 aromatic rings. The van der Waals surface area contributed by atoms with E-state index < -0.39 is 11.7 Å². The van der Waals surface area contributed by atoms with Gasteiger partial charge in [-0.05, 0) is 17.7 Å². The van der Waals surface area contributed by atoms with E-state index in [2.05, 4.69) is 4.98 Å². The van der Waals surface area contributed by atoms with E-state index in [9.17, 15) is 18.0 Å². The summed E-state index contributed by atoms with van der Waals surface area (Å²) < 4.78 is 42.3. The number of rotatable bonds is 5. The molecule has 0 radical (unpaired) electrons. The van der Waals surface area contributed by atoms with Crippen LogP contribution in [0.15, 0.2) is 36.0 Å². The van der Waals surface area contributed by atoms with Gasteiger partial charge in [0.15, 0.2) is 0 Å². The minimum atomic E-state index is -4.36. The van der Waals surface area contributed by atoms with Crippen LogP contribution < -0.4 is 0 Å². The molecule has 3 nitrogen and oxygen atoms in total. The first-order valence-electron chi connectivity index (χ1n) is 5.63. The number of halogens is 3. The van der Waals surface area contributed by atoms with Gasteiger partial charge in [-0.15, -0.1) is 11.3 Å². The van der Waals surface area contributed by atoms with Gasteiger partial charge in [0.05, 0.1) is 17.0 Å². The van der Waals surface area contributed by atoms with Crippen molar-refractivity contribution in [3.8, 4) is 0 Å². The molecular formula is C13H10F3NO2S. The smallest absolute Gasteiger partial charge is 0.416 e. The number of carbonyl (C=O) groups excluding carboxylic acids is 1. The average molecular weight is 301 g/mol. The van der Waals surface area contributed by atoms with Crippen LogP contribution in [0, 0.1) is 0 Å². The number of carbonyl (C=O) groups is 1. The van der Waals surface area contributed by atoms with E-state index in [0.717, 1.165) is 17.0 Å². The lowest BCUT2D eigenvalue weighted by molar-refractivity contribution is -0.137. The molecule has 0 spiro atoms. The molecule has 0 fully saturated rings. The SMILES string of the molecule is O=COCC(c1ccc(C(F)(F)F)cc1)c1cncs1. The third kappa shape index (κ3) is 3.36. The molecule has 1 aromatic heterocycles. The van der Waals surface area contributed by atoms with Crippen LogP contribution in [0.1, 0.15) is 21.9 Å². The molecule has 0 amide bonds. The predicted octanol–water partition coefficient (Wildman–Crippen LogP) is 3.47. The van der Waals surface area contributed by atoms with Gasteiger partial charge in [-0.3, -0.25) is 9.78 Å². The molecule has 2 rings (SSSR count). The molecule has 0 saturated carbocycles. The van der Waals surface area contributed by atoms with Gasteiger partial charge in [0, 0.05) is 11.1 Å². The summed E-state index contributed by atoms with van der Waals surface area (Å²) in [4.78, 5) is 15.1. The van der Waals surface area contributed by atoms with Gasteiger partial charge < -0.3 is 4.74 Å². The highest BCUT2D eigenvalue weighted by atomic mass is 32.1. The van der Waals surface area contributed by atoms with Gasteiger partial charge in [0.1, 0.15) is 6.61 Å². The van der Waals surface area contributed by atoms with Crippen molar-refractivity contribution < 1.29 is 22.7 Å². The summed E-state index contributed by atoms with van der Waals surface area (Å²) in [6, 6.07) is 4.82. The van der Waals surface area contributed by atoms with E-state index in [1.807, 2.05) is 0 Å². The largest absolute Gasteiger partial charge is 0.467 e. The van der Waals surface area contributed by atoms with Crippen LogP contribution in [0.25, 0.3) is 0 Å². The second kappa shape index (κ2) is 6.04. The second-order valence-electron chi connectivity index (χ2n) is 4.01. The quantitative estimate of drug-likeness (QED) is 0.794. The Balaban J connectivity index is 2.27. The Labute approximate surface area is 117 Å². The second-order valence-corrected chi connectivity index (χ2v) is 4.92. The molecule has 1 heterocycles. The summed E-state index contributed by atoms with van der Waals surface area (Å²) in [5.74, 6) is -0.310. The Morgan fingerprint density at radius 2 is 2.00 bits per heavy atom.